The molecule has 0 heterocycles. The molecule has 0 saturated carbocycles. The van der Waals surface area contributed by atoms with Gasteiger partial charge in [0.2, 0.25) is 0 Å². The highest BCUT2D eigenvalue weighted by Crippen LogP contribution is 2.25. The highest BCUT2D eigenvalue weighted by Gasteiger charge is 2.12. The van der Waals surface area contributed by atoms with Gasteiger partial charge in [0, 0.05) is 12.0 Å². The van der Waals surface area contributed by atoms with Crippen LogP contribution in [0.1, 0.15) is 67.9 Å². The highest BCUT2D eigenvalue weighted by atomic mass is 16.1. The Bertz CT molecular complexity index is 690. The van der Waals surface area contributed by atoms with Gasteiger partial charge in [0.25, 0.3) is 0 Å². The molecule has 1 aromatic carbocycles. The third-order valence-corrected chi connectivity index (χ3v) is 5.45. The van der Waals surface area contributed by atoms with Crippen LogP contribution in [0, 0.1) is 18.8 Å². The second-order valence-electron chi connectivity index (χ2n) is 7.52. The molecule has 1 aliphatic rings. The second kappa shape index (κ2) is 8.99. The van der Waals surface area contributed by atoms with E-state index in [1.807, 2.05) is 19.1 Å². The molecule has 0 amide bonds. The Morgan fingerprint density at radius 2 is 2.04 bits per heavy atom. The molecule has 1 heteroatoms. The average Bonchev–Trinajstić information content (AvgIpc) is 2.74. The number of allylic oxidation sites excluding steroid dienone is 5. The lowest BCUT2D eigenvalue weighted by Crippen LogP contribution is -2.03. The van der Waals surface area contributed by atoms with Crippen molar-refractivity contribution in [2.75, 3.05) is 0 Å². The topological polar surface area (TPSA) is 17.1 Å². The minimum atomic E-state index is 0.181. The Morgan fingerprint density at radius 3 is 2.72 bits per heavy atom. The number of ketones is 1. The number of hydrogen-bond donors (Lipinski definition) is 0. The predicted molar refractivity (Wildman–Crippen MR) is 108 cm³/mol. The van der Waals surface area contributed by atoms with Gasteiger partial charge in [0.1, 0.15) is 0 Å². The van der Waals surface area contributed by atoms with Gasteiger partial charge in [-0.25, -0.2) is 0 Å². The van der Waals surface area contributed by atoms with Gasteiger partial charge < -0.3 is 0 Å². The van der Waals surface area contributed by atoms with Gasteiger partial charge in [0.05, 0.1) is 0 Å². The zero-order chi connectivity index (χ0) is 18.4. The minimum absolute atomic E-state index is 0.181. The number of Topliss-reactive ketones (excluding diaryl/α,β-unsaturated/α-hetero) is 1. The molecule has 1 aromatic rings. The van der Waals surface area contributed by atoms with E-state index < -0.39 is 0 Å². The van der Waals surface area contributed by atoms with Crippen molar-refractivity contribution in [1.29, 1.82) is 0 Å². The van der Waals surface area contributed by atoms with Gasteiger partial charge >= 0.3 is 0 Å². The van der Waals surface area contributed by atoms with E-state index in [1.54, 1.807) is 0 Å². The maximum atomic E-state index is 12.3. The predicted octanol–water partition coefficient (Wildman–Crippen LogP) is 6.63. The molecule has 1 aliphatic carbocycles. The van der Waals surface area contributed by atoms with Crippen LogP contribution in [-0.4, -0.2) is 5.78 Å². The molecule has 2 rings (SSSR count). The van der Waals surface area contributed by atoms with Gasteiger partial charge in [-0.1, -0.05) is 61.9 Å². The fourth-order valence-corrected chi connectivity index (χ4v) is 3.31. The highest BCUT2D eigenvalue weighted by molar-refractivity contribution is 5.97. The Labute approximate surface area is 153 Å². The summed E-state index contributed by atoms with van der Waals surface area (Å²) in [4.78, 5) is 12.3. The van der Waals surface area contributed by atoms with Gasteiger partial charge in [-0.15, -0.1) is 0 Å². The van der Waals surface area contributed by atoms with E-state index in [9.17, 15) is 4.79 Å². The van der Waals surface area contributed by atoms with Gasteiger partial charge in [0.15, 0.2) is 5.78 Å². The van der Waals surface area contributed by atoms with Crippen LogP contribution in [0.5, 0.6) is 0 Å². The summed E-state index contributed by atoms with van der Waals surface area (Å²) in [6.07, 6.45) is 11.8. The smallest absolute Gasteiger partial charge is 0.166 e. The van der Waals surface area contributed by atoms with E-state index in [0.717, 1.165) is 36.8 Å². The zero-order valence-corrected chi connectivity index (χ0v) is 16.3. The molecular formula is C24H32O. The normalized spacial score (nSPS) is 20.1. The van der Waals surface area contributed by atoms with Crippen molar-refractivity contribution in [2.45, 2.75) is 59.8 Å². The van der Waals surface area contributed by atoms with Crippen molar-refractivity contribution in [3.8, 4) is 0 Å². The molecule has 0 radical (unpaired) electrons. The molecule has 2 atom stereocenters. The Morgan fingerprint density at radius 1 is 1.28 bits per heavy atom. The fourth-order valence-electron chi connectivity index (χ4n) is 3.31. The number of carbonyl (C=O) groups is 1. The molecule has 0 bridgehead atoms. The third kappa shape index (κ3) is 5.56. The molecule has 0 fully saturated rings. The van der Waals surface area contributed by atoms with E-state index >= 15 is 0 Å². The molecule has 0 aliphatic heterocycles. The summed E-state index contributed by atoms with van der Waals surface area (Å²) in [6, 6.07) is 6.17. The largest absolute Gasteiger partial charge is 0.294 e. The van der Waals surface area contributed by atoms with Crippen molar-refractivity contribution in [3.05, 3.63) is 70.8 Å². The van der Waals surface area contributed by atoms with E-state index in [1.165, 1.54) is 16.7 Å². The van der Waals surface area contributed by atoms with Crippen LogP contribution in [0.3, 0.4) is 0 Å². The van der Waals surface area contributed by atoms with E-state index in [-0.39, 0.29) is 5.78 Å². The van der Waals surface area contributed by atoms with Gasteiger partial charge in [-0.2, -0.15) is 0 Å². The van der Waals surface area contributed by atoms with E-state index in [2.05, 4.69) is 51.6 Å². The van der Waals surface area contributed by atoms with Crippen LogP contribution >= 0.6 is 0 Å². The summed E-state index contributed by atoms with van der Waals surface area (Å²) >= 11 is 0. The standard InChI is InChI=1S/C24H32O/c1-6-17(2)14-24(25)23-13-12-22(20(5)16-23)11-10-21-9-7-8-18(3)19(4)15-21/h7,9,12-13,15-16,18,21H,2,6,8,10-11,14H2,1,3-5H3. The minimum Gasteiger partial charge on any atom is -0.294 e. The summed E-state index contributed by atoms with van der Waals surface area (Å²) in [6.45, 7) is 12.7. The quantitative estimate of drug-likeness (QED) is 0.403. The second-order valence-corrected chi connectivity index (χ2v) is 7.52. The number of hydrogen-bond acceptors (Lipinski definition) is 1. The molecule has 1 nitrogen and oxygen atoms in total. The first-order valence-corrected chi connectivity index (χ1v) is 9.55. The monoisotopic (exact) mass is 336 g/mol. The molecule has 0 saturated heterocycles. The van der Waals surface area contributed by atoms with Crippen LogP contribution < -0.4 is 0 Å². The van der Waals surface area contributed by atoms with E-state index in [0.29, 0.717) is 18.3 Å². The summed E-state index contributed by atoms with van der Waals surface area (Å²) in [5.41, 5.74) is 5.89. The first-order chi connectivity index (χ1) is 11.9. The molecular weight excluding hydrogens is 304 g/mol. The summed E-state index contributed by atoms with van der Waals surface area (Å²) < 4.78 is 0. The third-order valence-electron chi connectivity index (χ3n) is 5.45. The van der Waals surface area contributed by atoms with Crippen LogP contribution in [0.4, 0.5) is 0 Å². The maximum Gasteiger partial charge on any atom is 0.166 e. The number of aryl methyl sites for hydroxylation is 2. The van der Waals surface area contributed by atoms with Crippen molar-refractivity contribution in [2.24, 2.45) is 11.8 Å². The van der Waals surface area contributed by atoms with Crippen molar-refractivity contribution in [3.63, 3.8) is 0 Å². The Balaban J connectivity index is 2.01. The van der Waals surface area contributed by atoms with Crippen LogP contribution in [-0.2, 0) is 6.42 Å². The molecule has 2 unspecified atom stereocenters. The summed E-state index contributed by atoms with van der Waals surface area (Å²) in [5.74, 6) is 1.37. The average molecular weight is 337 g/mol. The molecule has 0 N–H and O–H groups in total. The summed E-state index contributed by atoms with van der Waals surface area (Å²) in [5, 5.41) is 0. The Kier molecular flexibility index (Phi) is 6.99. The first kappa shape index (κ1) is 19.4. The van der Waals surface area contributed by atoms with Crippen molar-refractivity contribution >= 4 is 5.78 Å². The zero-order valence-electron chi connectivity index (χ0n) is 16.3. The first-order valence-electron chi connectivity index (χ1n) is 9.55. The van der Waals surface area contributed by atoms with Gasteiger partial charge in [-0.3, -0.25) is 4.79 Å². The van der Waals surface area contributed by atoms with Crippen molar-refractivity contribution < 1.29 is 4.79 Å². The lowest BCUT2D eigenvalue weighted by molar-refractivity contribution is 0.0992. The number of rotatable bonds is 7. The van der Waals surface area contributed by atoms with Gasteiger partial charge in [-0.05, 0) is 68.6 Å². The Hall–Kier alpha value is -1.89. The van der Waals surface area contributed by atoms with E-state index in [4.69, 9.17) is 0 Å². The number of benzene rings is 1. The maximum absolute atomic E-state index is 12.3. The van der Waals surface area contributed by atoms with Crippen LogP contribution in [0.25, 0.3) is 0 Å². The van der Waals surface area contributed by atoms with Crippen molar-refractivity contribution in [1.82, 2.24) is 0 Å². The lowest BCUT2D eigenvalue weighted by Gasteiger charge is -2.12. The van der Waals surface area contributed by atoms with Crippen LogP contribution in [0.2, 0.25) is 0 Å². The molecule has 25 heavy (non-hydrogen) atoms. The molecule has 0 aromatic heterocycles. The van der Waals surface area contributed by atoms with Crippen LogP contribution in [0.15, 0.2) is 54.2 Å². The molecule has 0 spiro atoms. The fraction of sp³-hybridized carbons (Fsp3) is 0.458. The number of carbonyl (C=O) groups excluding carboxylic acids is 1. The lowest BCUT2D eigenvalue weighted by atomic mass is 9.92. The summed E-state index contributed by atoms with van der Waals surface area (Å²) in [7, 11) is 0. The molecule has 134 valence electrons. The SMILES string of the molecule is C=C(CC)CC(=O)c1ccc(CCC2C=CCC(C)C(C)=C2)c(C)c1.